The third-order valence-corrected chi connectivity index (χ3v) is 1.40. The lowest BCUT2D eigenvalue weighted by atomic mass is 10.3. The summed E-state index contributed by atoms with van der Waals surface area (Å²) in [6, 6.07) is 5.51. The molecule has 0 atom stereocenters. The minimum absolute atomic E-state index is 0.0207. The van der Waals surface area contributed by atoms with Gasteiger partial charge in [-0.1, -0.05) is 6.07 Å². The van der Waals surface area contributed by atoms with Crippen molar-refractivity contribution in [2.75, 3.05) is 11.1 Å². The SMILES string of the molecule is Nc1cccc(NC(=O)C(F)(F)F)c1. The highest BCUT2D eigenvalue weighted by molar-refractivity contribution is 5.95. The van der Waals surface area contributed by atoms with E-state index in [0.717, 1.165) is 0 Å². The topological polar surface area (TPSA) is 55.1 Å². The van der Waals surface area contributed by atoms with Gasteiger partial charge in [-0.25, -0.2) is 0 Å². The van der Waals surface area contributed by atoms with Gasteiger partial charge in [0.05, 0.1) is 0 Å². The molecule has 1 rings (SSSR count). The highest BCUT2D eigenvalue weighted by atomic mass is 19.4. The Bertz CT molecular complexity index is 349. The van der Waals surface area contributed by atoms with Gasteiger partial charge in [0.2, 0.25) is 0 Å². The lowest BCUT2D eigenvalue weighted by Crippen LogP contribution is -2.29. The second-order valence-corrected chi connectivity index (χ2v) is 2.58. The predicted molar refractivity (Wildman–Crippen MR) is 45.5 cm³/mol. The smallest absolute Gasteiger partial charge is 0.399 e. The van der Waals surface area contributed by atoms with Gasteiger partial charge in [0.15, 0.2) is 0 Å². The third-order valence-electron chi connectivity index (χ3n) is 1.40. The molecule has 0 aliphatic heterocycles. The first-order valence-corrected chi connectivity index (χ1v) is 3.63. The number of hydrogen-bond donors (Lipinski definition) is 2. The Morgan fingerprint density at radius 3 is 2.50 bits per heavy atom. The maximum absolute atomic E-state index is 11.8. The van der Waals surface area contributed by atoms with Gasteiger partial charge in [0.25, 0.3) is 0 Å². The fourth-order valence-electron chi connectivity index (χ4n) is 0.818. The van der Waals surface area contributed by atoms with Crippen LogP contribution in [0.25, 0.3) is 0 Å². The molecule has 3 nitrogen and oxygen atoms in total. The predicted octanol–water partition coefficient (Wildman–Crippen LogP) is 1.77. The van der Waals surface area contributed by atoms with Crippen LogP contribution in [0.1, 0.15) is 0 Å². The number of nitrogens with one attached hydrogen (secondary N) is 1. The molecule has 0 aliphatic carbocycles. The highest BCUT2D eigenvalue weighted by Gasteiger charge is 2.38. The van der Waals surface area contributed by atoms with Gasteiger partial charge < -0.3 is 11.1 Å². The van der Waals surface area contributed by atoms with Crippen molar-refractivity contribution < 1.29 is 18.0 Å². The fraction of sp³-hybridized carbons (Fsp3) is 0.125. The van der Waals surface area contributed by atoms with Crippen LogP contribution in [-0.4, -0.2) is 12.1 Å². The van der Waals surface area contributed by atoms with Crippen molar-refractivity contribution in [2.45, 2.75) is 6.18 Å². The zero-order chi connectivity index (χ0) is 10.8. The summed E-state index contributed by atoms with van der Waals surface area (Å²) in [4.78, 5) is 10.5. The summed E-state index contributed by atoms with van der Waals surface area (Å²) in [5, 5.41) is 1.68. The zero-order valence-electron chi connectivity index (χ0n) is 6.93. The Morgan fingerprint density at radius 2 is 2.00 bits per heavy atom. The number of carbonyl (C=O) groups is 1. The molecule has 0 spiro atoms. The van der Waals surface area contributed by atoms with E-state index in [1.807, 2.05) is 0 Å². The second-order valence-electron chi connectivity index (χ2n) is 2.58. The molecular weight excluding hydrogens is 197 g/mol. The summed E-state index contributed by atoms with van der Waals surface area (Å²) in [5.74, 6) is -2.01. The molecule has 1 aromatic carbocycles. The van der Waals surface area contributed by atoms with E-state index in [-0.39, 0.29) is 11.4 Å². The molecule has 0 unspecified atom stereocenters. The number of amides is 1. The highest BCUT2D eigenvalue weighted by Crippen LogP contribution is 2.19. The Kier molecular flexibility index (Phi) is 2.64. The van der Waals surface area contributed by atoms with Gasteiger partial charge >= 0.3 is 12.1 Å². The van der Waals surface area contributed by atoms with Gasteiger partial charge in [0.1, 0.15) is 0 Å². The summed E-state index contributed by atoms with van der Waals surface area (Å²) in [5.41, 5.74) is 5.61. The maximum Gasteiger partial charge on any atom is 0.471 e. The van der Waals surface area contributed by atoms with Crippen molar-refractivity contribution in [1.82, 2.24) is 0 Å². The largest absolute Gasteiger partial charge is 0.471 e. The fourth-order valence-corrected chi connectivity index (χ4v) is 0.818. The van der Waals surface area contributed by atoms with E-state index >= 15 is 0 Å². The third kappa shape index (κ3) is 2.65. The zero-order valence-corrected chi connectivity index (χ0v) is 6.93. The first kappa shape index (κ1) is 10.4. The van der Waals surface area contributed by atoms with Crippen LogP contribution in [0, 0.1) is 0 Å². The van der Waals surface area contributed by atoms with Crippen LogP contribution in [0.3, 0.4) is 0 Å². The molecule has 6 heteroatoms. The number of carbonyl (C=O) groups excluding carboxylic acids is 1. The molecule has 0 heterocycles. The second kappa shape index (κ2) is 3.57. The molecule has 0 saturated heterocycles. The normalized spacial score (nSPS) is 11.1. The number of rotatable bonds is 1. The van der Waals surface area contributed by atoms with Crippen molar-refractivity contribution in [3.8, 4) is 0 Å². The Balaban J connectivity index is 2.75. The molecule has 1 amide bonds. The molecule has 0 aromatic heterocycles. The Labute approximate surface area is 77.7 Å². The van der Waals surface area contributed by atoms with E-state index < -0.39 is 12.1 Å². The van der Waals surface area contributed by atoms with Crippen LogP contribution in [0.4, 0.5) is 24.5 Å². The number of benzene rings is 1. The lowest BCUT2D eigenvalue weighted by Gasteiger charge is -2.07. The molecule has 0 radical (unpaired) electrons. The van der Waals surface area contributed by atoms with Gasteiger partial charge in [-0.2, -0.15) is 13.2 Å². The van der Waals surface area contributed by atoms with E-state index in [2.05, 4.69) is 0 Å². The van der Waals surface area contributed by atoms with Gasteiger partial charge in [-0.05, 0) is 18.2 Å². The van der Waals surface area contributed by atoms with E-state index in [9.17, 15) is 18.0 Å². The molecular formula is C8H7F3N2O. The molecule has 1 aromatic rings. The summed E-state index contributed by atoms with van der Waals surface area (Å²) in [6.07, 6.45) is -4.88. The van der Waals surface area contributed by atoms with E-state index in [1.165, 1.54) is 24.3 Å². The maximum atomic E-state index is 11.8. The van der Waals surface area contributed by atoms with Crippen molar-refractivity contribution in [2.24, 2.45) is 0 Å². The van der Waals surface area contributed by atoms with Crippen molar-refractivity contribution in [3.63, 3.8) is 0 Å². The monoisotopic (exact) mass is 204 g/mol. The van der Waals surface area contributed by atoms with Crippen LogP contribution in [0.2, 0.25) is 0 Å². The Morgan fingerprint density at radius 1 is 1.36 bits per heavy atom. The summed E-state index contributed by atoms with van der Waals surface area (Å²) in [6.45, 7) is 0. The molecule has 0 saturated carbocycles. The van der Waals surface area contributed by atoms with Gasteiger partial charge in [0, 0.05) is 11.4 Å². The number of hydrogen-bond acceptors (Lipinski definition) is 2. The molecule has 76 valence electrons. The van der Waals surface area contributed by atoms with E-state index in [0.29, 0.717) is 0 Å². The minimum atomic E-state index is -4.88. The number of nitrogens with two attached hydrogens (primary N) is 1. The van der Waals surface area contributed by atoms with Crippen molar-refractivity contribution >= 4 is 17.3 Å². The van der Waals surface area contributed by atoms with Crippen LogP contribution >= 0.6 is 0 Å². The first-order valence-electron chi connectivity index (χ1n) is 3.63. The quantitative estimate of drug-likeness (QED) is 0.685. The number of anilines is 2. The molecule has 0 aliphatic rings. The molecule has 3 N–H and O–H groups in total. The van der Waals surface area contributed by atoms with Gasteiger partial charge in [-0.3, -0.25) is 4.79 Å². The average molecular weight is 204 g/mol. The summed E-state index contributed by atoms with van der Waals surface area (Å²) >= 11 is 0. The lowest BCUT2D eigenvalue weighted by molar-refractivity contribution is -0.167. The van der Waals surface area contributed by atoms with E-state index in [1.54, 1.807) is 5.32 Å². The Hall–Kier alpha value is -1.72. The van der Waals surface area contributed by atoms with Gasteiger partial charge in [-0.15, -0.1) is 0 Å². The summed E-state index contributed by atoms with van der Waals surface area (Å²) in [7, 11) is 0. The standard InChI is InChI=1S/C8H7F3N2O/c9-8(10,11)7(14)13-6-3-1-2-5(12)4-6/h1-4H,12H2,(H,13,14). The number of alkyl halides is 3. The van der Waals surface area contributed by atoms with E-state index in [4.69, 9.17) is 5.73 Å². The molecule has 14 heavy (non-hydrogen) atoms. The van der Waals surface area contributed by atoms with Crippen LogP contribution in [0.15, 0.2) is 24.3 Å². The first-order chi connectivity index (χ1) is 6.39. The average Bonchev–Trinajstić information content (AvgIpc) is 2.02. The minimum Gasteiger partial charge on any atom is -0.399 e. The summed E-state index contributed by atoms with van der Waals surface area (Å²) < 4.78 is 35.4. The van der Waals surface area contributed by atoms with Crippen LogP contribution in [-0.2, 0) is 4.79 Å². The van der Waals surface area contributed by atoms with Crippen LogP contribution < -0.4 is 11.1 Å². The van der Waals surface area contributed by atoms with Crippen LogP contribution in [0.5, 0.6) is 0 Å². The van der Waals surface area contributed by atoms with Crippen molar-refractivity contribution in [1.29, 1.82) is 0 Å². The molecule has 0 fully saturated rings. The molecule has 0 bridgehead atoms. The number of halogens is 3. The number of nitrogen functional groups attached to an aromatic ring is 1. The van der Waals surface area contributed by atoms with Crippen molar-refractivity contribution in [3.05, 3.63) is 24.3 Å².